The first kappa shape index (κ1) is 7.87. The van der Waals surface area contributed by atoms with Crippen molar-refractivity contribution in [2.45, 2.75) is 0 Å². The summed E-state index contributed by atoms with van der Waals surface area (Å²) in [5.41, 5.74) is 1.18. The van der Waals surface area contributed by atoms with Crippen molar-refractivity contribution in [3.8, 4) is 0 Å². The highest BCUT2D eigenvalue weighted by atomic mass is 35.5. The molecule has 11 heavy (non-hydrogen) atoms. The Morgan fingerprint density at radius 2 is 2.55 bits per heavy atom. The second-order valence-corrected chi connectivity index (χ2v) is 2.22. The van der Waals surface area contributed by atoms with Crippen molar-refractivity contribution < 1.29 is 0 Å². The van der Waals surface area contributed by atoms with Gasteiger partial charge >= 0.3 is 0 Å². The fraction of sp³-hybridized carbons (Fsp3) is 0.200. The molecule has 6 heteroatoms. The van der Waals surface area contributed by atoms with Crippen molar-refractivity contribution in [2.24, 2.45) is 10.9 Å². The molecule has 0 amide bonds. The quantitative estimate of drug-likeness (QED) is 0.409. The Hall–Kier alpha value is -1.23. The van der Waals surface area contributed by atoms with Crippen molar-refractivity contribution in [3.05, 3.63) is 16.7 Å². The van der Waals surface area contributed by atoms with E-state index in [9.17, 15) is 0 Å². The van der Waals surface area contributed by atoms with Crippen LogP contribution in [0.25, 0.3) is 0 Å². The predicted molar refractivity (Wildman–Crippen MR) is 42.9 cm³/mol. The Labute approximate surface area is 68.3 Å². The third-order valence-electron chi connectivity index (χ3n) is 1.19. The Morgan fingerprint density at radius 1 is 1.82 bits per heavy atom. The van der Waals surface area contributed by atoms with Gasteiger partial charge in [0.25, 0.3) is 0 Å². The van der Waals surface area contributed by atoms with E-state index in [4.69, 9.17) is 17.4 Å². The van der Waals surface area contributed by atoms with Gasteiger partial charge in [-0.05, 0) is 0 Å². The summed E-state index contributed by atoms with van der Waals surface area (Å²) in [6.07, 6.45) is 0. The molecule has 1 aromatic rings. The summed E-state index contributed by atoms with van der Waals surface area (Å²) in [5.74, 6) is 5.05. The average Bonchev–Trinajstić information content (AvgIpc) is 2.04. The summed E-state index contributed by atoms with van der Waals surface area (Å²) in [6, 6.07) is 1.63. The monoisotopic (exact) mass is 173 g/mol. The summed E-state index contributed by atoms with van der Waals surface area (Å²) in [5, 5.41) is 12.9. The summed E-state index contributed by atoms with van der Waals surface area (Å²) in [7, 11) is 1.74. The predicted octanol–water partition coefficient (Wildman–Crippen LogP) is -0.121. The third-order valence-corrected chi connectivity index (χ3v) is 1.38. The van der Waals surface area contributed by atoms with Crippen molar-refractivity contribution in [1.82, 2.24) is 10.2 Å². The van der Waals surface area contributed by atoms with Crippen molar-refractivity contribution in [2.75, 3.05) is 12.4 Å². The Balaban J connectivity index is 3.29. The molecule has 0 aliphatic carbocycles. The van der Waals surface area contributed by atoms with E-state index in [1.54, 1.807) is 13.1 Å². The Bertz CT molecular complexity index is 304. The molecule has 1 rings (SSSR count). The fourth-order valence-electron chi connectivity index (χ4n) is 0.675. The van der Waals surface area contributed by atoms with E-state index in [1.807, 2.05) is 0 Å². The molecule has 1 aromatic heterocycles. The second kappa shape index (κ2) is 3.25. The average molecular weight is 174 g/mol. The first-order valence-electron chi connectivity index (χ1n) is 2.95. The van der Waals surface area contributed by atoms with Crippen LogP contribution in [0.5, 0.6) is 0 Å². The topological polar surface area (TPSA) is 79.1 Å². The van der Waals surface area contributed by atoms with Gasteiger partial charge in [0.1, 0.15) is 0 Å². The van der Waals surface area contributed by atoms with Crippen LogP contribution in [-0.2, 0) is 0 Å². The molecular formula is C5H8ClN5. The third kappa shape index (κ3) is 1.62. The van der Waals surface area contributed by atoms with E-state index >= 15 is 0 Å². The Morgan fingerprint density at radius 3 is 3.09 bits per heavy atom. The van der Waals surface area contributed by atoms with Gasteiger partial charge < -0.3 is 11.2 Å². The van der Waals surface area contributed by atoms with Crippen LogP contribution in [0.4, 0.5) is 5.69 Å². The van der Waals surface area contributed by atoms with Crippen LogP contribution in [0.2, 0.25) is 5.15 Å². The maximum Gasteiger partial charge on any atom is 0.189 e. The molecule has 0 aliphatic heterocycles. The first-order chi connectivity index (χ1) is 5.27. The molecule has 5 nitrogen and oxygen atoms in total. The van der Waals surface area contributed by atoms with E-state index in [0.29, 0.717) is 16.3 Å². The fourth-order valence-corrected chi connectivity index (χ4v) is 0.827. The molecule has 0 unspecified atom stereocenters. The van der Waals surface area contributed by atoms with Gasteiger partial charge in [0.05, 0.1) is 5.69 Å². The number of anilines is 1. The van der Waals surface area contributed by atoms with E-state index in [-0.39, 0.29) is 0 Å². The zero-order chi connectivity index (χ0) is 8.27. The standard InChI is InChI=1S/C5H8ClN5/c1-8-3-2-4(6)10-11-5(3)9-7/h2H,7H2,1H3,(H,8,10)(H,9,11). The molecule has 0 atom stereocenters. The van der Waals surface area contributed by atoms with Crippen molar-refractivity contribution >= 4 is 17.3 Å². The number of H-pyrrole nitrogens is 1. The summed E-state index contributed by atoms with van der Waals surface area (Å²) < 4.78 is 0. The highest BCUT2D eigenvalue weighted by Gasteiger charge is 1.95. The number of nitrogens with zero attached hydrogens (tertiary/aromatic N) is 2. The maximum absolute atomic E-state index is 5.59. The normalized spacial score (nSPS) is 11.6. The van der Waals surface area contributed by atoms with Gasteiger partial charge in [0, 0.05) is 13.1 Å². The molecular weight excluding hydrogens is 166 g/mol. The maximum atomic E-state index is 5.59. The molecule has 0 saturated heterocycles. The molecule has 0 bridgehead atoms. The van der Waals surface area contributed by atoms with E-state index in [2.05, 4.69) is 20.6 Å². The van der Waals surface area contributed by atoms with Crippen LogP contribution >= 0.6 is 11.6 Å². The molecule has 0 aliphatic rings. The Kier molecular flexibility index (Phi) is 2.32. The van der Waals surface area contributed by atoms with Crippen LogP contribution in [0.1, 0.15) is 0 Å². The van der Waals surface area contributed by atoms with Gasteiger partial charge in [-0.2, -0.15) is 10.2 Å². The van der Waals surface area contributed by atoms with Crippen LogP contribution in [-0.4, -0.2) is 17.2 Å². The minimum absolute atomic E-state index is 0.363. The zero-order valence-electron chi connectivity index (χ0n) is 5.93. The lowest BCUT2D eigenvalue weighted by Crippen LogP contribution is -2.16. The van der Waals surface area contributed by atoms with Crippen LogP contribution in [0, 0.1) is 0 Å². The number of nitrogens with two attached hydrogens (primary N) is 1. The molecule has 0 spiro atoms. The van der Waals surface area contributed by atoms with Crippen molar-refractivity contribution in [1.29, 1.82) is 0 Å². The lowest BCUT2D eigenvalue weighted by molar-refractivity contribution is 0.927. The van der Waals surface area contributed by atoms with Gasteiger partial charge in [-0.25, -0.2) is 0 Å². The molecule has 1 heterocycles. The molecule has 0 aromatic carbocycles. The molecule has 0 radical (unpaired) electrons. The highest BCUT2D eigenvalue weighted by Crippen LogP contribution is 2.04. The number of aromatic amines is 1. The van der Waals surface area contributed by atoms with E-state index < -0.39 is 0 Å². The molecule has 4 N–H and O–H groups in total. The highest BCUT2D eigenvalue weighted by molar-refractivity contribution is 6.29. The van der Waals surface area contributed by atoms with Crippen LogP contribution < -0.4 is 16.6 Å². The number of halogens is 1. The van der Waals surface area contributed by atoms with Gasteiger partial charge in [-0.1, -0.05) is 11.6 Å². The van der Waals surface area contributed by atoms with Gasteiger partial charge in [0.2, 0.25) is 0 Å². The summed E-state index contributed by atoms with van der Waals surface area (Å²) in [6.45, 7) is 0. The number of rotatable bonds is 1. The number of hydrogen-bond acceptors (Lipinski definition) is 4. The SMILES string of the molecule is CNc1cc(Cl)n[nH]/c1=N/N. The summed E-state index contributed by atoms with van der Waals surface area (Å²) in [4.78, 5) is 0. The van der Waals surface area contributed by atoms with E-state index in [1.165, 1.54) is 0 Å². The minimum Gasteiger partial charge on any atom is -0.385 e. The lowest BCUT2D eigenvalue weighted by Gasteiger charge is -1.98. The largest absolute Gasteiger partial charge is 0.385 e. The lowest BCUT2D eigenvalue weighted by atomic mass is 10.5. The number of hydrogen-bond donors (Lipinski definition) is 3. The summed E-state index contributed by atoms with van der Waals surface area (Å²) >= 11 is 5.59. The number of aromatic nitrogens is 2. The zero-order valence-corrected chi connectivity index (χ0v) is 6.68. The first-order valence-corrected chi connectivity index (χ1v) is 3.32. The minimum atomic E-state index is 0.363. The molecule has 0 fully saturated rings. The smallest absolute Gasteiger partial charge is 0.189 e. The number of nitrogens with one attached hydrogen (secondary N) is 2. The van der Waals surface area contributed by atoms with Crippen LogP contribution in [0.3, 0.4) is 0 Å². The van der Waals surface area contributed by atoms with Gasteiger partial charge in [0.15, 0.2) is 10.6 Å². The van der Waals surface area contributed by atoms with Gasteiger partial charge in [-0.15, -0.1) is 0 Å². The van der Waals surface area contributed by atoms with E-state index in [0.717, 1.165) is 0 Å². The molecule has 60 valence electrons. The van der Waals surface area contributed by atoms with Crippen molar-refractivity contribution in [3.63, 3.8) is 0 Å². The second-order valence-electron chi connectivity index (χ2n) is 1.83. The molecule has 0 saturated carbocycles. The van der Waals surface area contributed by atoms with Gasteiger partial charge in [-0.3, -0.25) is 5.10 Å². The van der Waals surface area contributed by atoms with Crippen LogP contribution in [0.15, 0.2) is 11.2 Å².